The van der Waals surface area contributed by atoms with E-state index in [0.29, 0.717) is 11.1 Å². The summed E-state index contributed by atoms with van der Waals surface area (Å²) in [5, 5.41) is 0.679. The largest absolute Gasteiger partial charge is 0.324 e. The van der Waals surface area contributed by atoms with Crippen LogP contribution in [0.15, 0.2) is 18.2 Å². The molecule has 0 spiro atoms. The fourth-order valence-corrected chi connectivity index (χ4v) is 2.18. The summed E-state index contributed by atoms with van der Waals surface area (Å²) >= 11 is 6.14. The van der Waals surface area contributed by atoms with Crippen molar-refractivity contribution in [2.75, 3.05) is 0 Å². The third kappa shape index (κ3) is 1.70. The second-order valence-electron chi connectivity index (χ2n) is 4.33. The van der Waals surface area contributed by atoms with Crippen molar-refractivity contribution in [3.05, 3.63) is 29.0 Å². The van der Waals surface area contributed by atoms with Crippen molar-refractivity contribution in [3.8, 4) is 0 Å². The summed E-state index contributed by atoms with van der Waals surface area (Å²) in [5.74, 6) is 0.887. The maximum atomic E-state index is 6.14. The number of imidazole rings is 1. The number of hydrogen-bond donors (Lipinski definition) is 1. The smallest absolute Gasteiger partial charge is 0.126 e. The molecule has 0 bridgehead atoms. The average molecular weight is 238 g/mol. The van der Waals surface area contributed by atoms with Crippen molar-refractivity contribution in [2.45, 2.75) is 32.9 Å². The Morgan fingerprint density at radius 1 is 1.31 bits per heavy atom. The minimum atomic E-state index is -0.0918. The van der Waals surface area contributed by atoms with Gasteiger partial charge in [-0.2, -0.15) is 0 Å². The summed E-state index contributed by atoms with van der Waals surface area (Å²) < 4.78 is 2.14. The second kappa shape index (κ2) is 4.07. The number of benzene rings is 1. The molecule has 16 heavy (non-hydrogen) atoms. The Balaban J connectivity index is 2.81. The van der Waals surface area contributed by atoms with Crippen LogP contribution in [0.3, 0.4) is 0 Å². The van der Waals surface area contributed by atoms with Gasteiger partial charge in [-0.05, 0) is 32.9 Å². The molecule has 86 valence electrons. The molecular formula is C12H16ClN3. The van der Waals surface area contributed by atoms with Crippen LogP contribution in [0.5, 0.6) is 0 Å². The van der Waals surface area contributed by atoms with Crippen molar-refractivity contribution in [1.82, 2.24) is 9.55 Å². The molecule has 0 amide bonds. The Hall–Kier alpha value is -1.06. The number of hydrogen-bond acceptors (Lipinski definition) is 2. The highest BCUT2D eigenvalue weighted by atomic mass is 35.5. The van der Waals surface area contributed by atoms with Crippen molar-refractivity contribution in [3.63, 3.8) is 0 Å². The summed E-state index contributed by atoms with van der Waals surface area (Å²) in [6.45, 7) is 6.18. The fraction of sp³-hybridized carbons (Fsp3) is 0.417. The Kier molecular flexibility index (Phi) is 2.91. The number of aromatic nitrogens is 2. The minimum Gasteiger partial charge on any atom is -0.324 e. The van der Waals surface area contributed by atoms with E-state index in [4.69, 9.17) is 17.3 Å². The molecule has 2 rings (SSSR count). The normalized spacial score (nSPS) is 13.6. The summed E-state index contributed by atoms with van der Waals surface area (Å²) in [6, 6.07) is 6.05. The summed E-state index contributed by atoms with van der Waals surface area (Å²) in [7, 11) is 0. The number of rotatable bonds is 2. The van der Waals surface area contributed by atoms with Gasteiger partial charge in [0.05, 0.1) is 16.6 Å². The van der Waals surface area contributed by atoms with Crippen LogP contribution in [0.2, 0.25) is 5.02 Å². The maximum absolute atomic E-state index is 6.14. The molecule has 0 aliphatic carbocycles. The zero-order valence-electron chi connectivity index (χ0n) is 9.74. The number of halogens is 1. The van der Waals surface area contributed by atoms with Crippen LogP contribution in [0, 0.1) is 0 Å². The topological polar surface area (TPSA) is 43.8 Å². The molecule has 2 N–H and O–H groups in total. The molecule has 0 aliphatic rings. The monoisotopic (exact) mass is 237 g/mol. The first kappa shape index (κ1) is 11.4. The summed E-state index contributed by atoms with van der Waals surface area (Å²) in [6.07, 6.45) is 0. The Morgan fingerprint density at radius 2 is 2.00 bits per heavy atom. The molecule has 0 unspecified atom stereocenters. The van der Waals surface area contributed by atoms with Crippen LogP contribution >= 0.6 is 11.6 Å². The van der Waals surface area contributed by atoms with Crippen LogP contribution < -0.4 is 5.73 Å². The van der Waals surface area contributed by atoms with Gasteiger partial charge < -0.3 is 10.3 Å². The molecule has 0 aliphatic heterocycles. The highest BCUT2D eigenvalue weighted by Gasteiger charge is 2.17. The van der Waals surface area contributed by atoms with Gasteiger partial charge in [0.2, 0.25) is 0 Å². The molecule has 0 radical (unpaired) electrons. The van der Waals surface area contributed by atoms with Gasteiger partial charge in [0.15, 0.2) is 0 Å². The van der Waals surface area contributed by atoms with E-state index in [-0.39, 0.29) is 6.04 Å². The quantitative estimate of drug-likeness (QED) is 0.871. The summed E-state index contributed by atoms with van der Waals surface area (Å²) in [4.78, 5) is 4.54. The van der Waals surface area contributed by atoms with Crippen LogP contribution in [0.4, 0.5) is 0 Å². The Labute approximate surface area is 100 Å². The van der Waals surface area contributed by atoms with Gasteiger partial charge in [-0.3, -0.25) is 0 Å². The van der Waals surface area contributed by atoms with Gasteiger partial charge in [0, 0.05) is 6.04 Å². The van der Waals surface area contributed by atoms with Gasteiger partial charge in [0.1, 0.15) is 11.3 Å². The van der Waals surface area contributed by atoms with Crippen molar-refractivity contribution >= 4 is 22.6 Å². The molecule has 0 fully saturated rings. The third-order valence-electron chi connectivity index (χ3n) is 2.62. The van der Waals surface area contributed by atoms with E-state index < -0.39 is 0 Å². The summed E-state index contributed by atoms with van der Waals surface area (Å²) in [5.41, 5.74) is 7.83. The van der Waals surface area contributed by atoms with E-state index in [0.717, 1.165) is 16.9 Å². The second-order valence-corrected chi connectivity index (χ2v) is 4.74. The molecular weight excluding hydrogens is 222 g/mol. The van der Waals surface area contributed by atoms with Crippen LogP contribution in [0.1, 0.15) is 38.7 Å². The predicted molar refractivity (Wildman–Crippen MR) is 67.7 cm³/mol. The lowest BCUT2D eigenvalue weighted by Crippen LogP contribution is -2.14. The highest BCUT2D eigenvalue weighted by Crippen LogP contribution is 2.28. The maximum Gasteiger partial charge on any atom is 0.126 e. The van der Waals surface area contributed by atoms with Gasteiger partial charge in [-0.1, -0.05) is 17.7 Å². The molecule has 1 aromatic heterocycles. The lowest BCUT2D eigenvalue weighted by atomic mass is 10.2. The molecule has 0 saturated heterocycles. The molecule has 1 aromatic carbocycles. The number of nitrogens with two attached hydrogens (primary N) is 1. The Bertz CT molecular complexity index is 514. The van der Waals surface area contributed by atoms with E-state index in [2.05, 4.69) is 23.4 Å². The van der Waals surface area contributed by atoms with Crippen molar-refractivity contribution in [2.24, 2.45) is 5.73 Å². The van der Waals surface area contributed by atoms with E-state index in [9.17, 15) is 0 Å². The van der Waals surface area contributed by atoms with Gasteiger partial charge in [0.25, 0.3) is 0 Å². The first-order valence-corrected chi connectivity index (χ1v) is 5.82. The van der Waals surface area contributed by atoms with Crippen LogP contribution in [0.25, 0.3) is 11.0 Å². The fourth-order valence-electron chi connectivity index (χ4n) is 1.96. The van der Waals surface area contributed by atoms with E-state index in [1.54, 1.807) is 0 Å². The molecule has 4 heteroatoms. The van der Waals surface area contributed by atoms with Gasteiger partial charge in [-0.15, -0.1) is 0 Å². The molecule has 1 heterocycles. The lowest BCUT2D eigenvalue weighted by molar-refractivity contribution is 0.558. The van der Waals surface area contributed by atoms with Gasteiger partial charge in [-0.25, -0.2) is 4.98 Å². The first-order chi connectivity index (χ1) is 7.52. The zero-order valence-corrected chi connectivity index (χ0v) is 10.5. The van der Waals surface area contributed by atoms with Gasteiger partial charge >= 0.3 is 0 Å². The number of nitrogens with zero attached hydrogens (tertiary/aromatic N) is 2. The third-order valence-corrected chi connectivity index (χ3v) is 2.93. The molecule has 3 nitrogen and oxygen atoms in total. The molecule has 0 saturated carbocycles. The SMILES string of the molecule is CC(C)n1c([C@H](C)N)nc2c(Cl)cccc21. The molecule has 2 aromatic rings. The van der Waals surface area contributed by atoms with Crippen LogP contribution in [-0.4, -0.2) is 9.55 Å². The lowest BCUT2D eigenvalue weighted by Gasteiger charge is -2.14. The number of para-hydroxylation sites is 1. The van der Waals surface area contributed by atoms with Crippen molar-refractivity contribution < 1.29 is 0 Å². The highest BCUT2D eigenvalue weighted by molar-refractivity contribution is 6.34. The predicted octanol–water partition coefficient (Wildman–Crippen LogP) is 3.29. The zero-order chi connectivity index (χ0) is 11.9. The van der Waals surface area contributed by atoms with Crippen LogP contribution in [-0.2, 0) is 0 Å². The van der Waals surface area contributed by atoms with E-state index >= 15 is 0 Å². The molecule has 1 atom stereocenters. The number of fused-ring (bicyclic) bond motifs is 1. The average Bonchev–Trinajstić information content (AvgIpc) is 2.58. The van der Waals surface area contributed by atoms with E-state index in [1.807, 2.05) is 25.1 Å². The van der Waals surface area contributed by atoms with Crippen molar-refractivity contribution in [1.29, 1.82) is 0 Å². The Morgan fingerprint density at radius 3 is 2.56 bits per heavy atom. The standard InChI is InChI=1S/C12H16ClN3/c1-7(2)16-10-6-4-5-9(13)11(10)15-12(16)8(3)14/h4-8H,14H2,1-3H3/t8-/m0/s1. The van der Waals surface area contributed by atoms with E-state index in [1.165, 1.54) is 0 Å². The minimum absolute atomic E-state index is 0.0918. The first-order valence-electron chi connectivity index (χ1n) is 5.44.